The Bertz CT molecular complexity index is 904. The largest absolute Gasteiger partial charge is 0.545 e. The fourth-order valence-corrected chi connectivity index (χ4v) is 2.32. The molecule has 1 atom stereocenters. The van der Waals surface area contributed by atoms with Crippen molar-refractivity contribution in [2.75, 3.05) is 20.5 Å². The molecule has 0 aliphatic rings. The summed E-state index contributed by atoms with van der Waals surface area (Å²) < 4.78 is 45.2. The molecule has 2 N–H and O–H groups in total. The van der Waals surface area contributed by atoms with Gasteiger partial charge >= 0.3 is 5.97 Å². The van der Waals surface area contributed by atoms with Gasteiger partial charge in [0.1, 0.15) is 0 Å². The zero-order valence-corrected chi connectivity index (χ0v) is 15.0. The van der Waals surface area contributed by atoms with Gasteiger partial charge in [-0.15, -0.1) is 0 Å². The minimum absolute atomic E-state index is 0.0309. The first kappa shape index (κ1) is 14.4. The van der Waals surface area contributed by atoms with Crippen LogP contribution in [-0.4, -0.2) is 42.5 Å². The van der Waals surface area contributed by atoms with Crippen molar-refractivity contribution in [3.05, 3.63) is 77.1 Å². The van der Waals surface area contributed by atoms with E-state index in [0.717, 1.165) is 11.3 Å². The van der Waals surface area contributed by atoms with E-state index in [1.54, 1.807) is 24.4 Å². The van der Waals surface area contributed by atoms with Crippen molar-refractivity contribution in [3.63, 3.8) is 0 Å². The molecule has 0 saturated carbocycles. The summed E-state index contributed by atoms with van der Waals surface area (Å²) in [5.74, 6) is -3.01. The number of hydrogen-bond acceptors (Lipinski definition) is 4. The van der Waals surface area contributed by atoms with Crippen LogP contribution in [-0.2, 0) is 9.59 Å². The number of rotatable bonds is 7. The Morgan fingerprint density at radius 3 is 2.44 bits per heavy atom. The van der Waals surface area contributed by atoms with Crippen LogP contribution in [0.2, 0.25) is 5.02 Å². The molecular formula is C20H23ClN2O4. The van der Waals surface area contributed by atoms with Crippen molar-refractivity contribution < 1.29 is 32.9 Å². The zero-order chi connectivity index (χ0) is 25.2. The molecule has 0 radical (unpaired) electrons. The number of carboxylic acids is 2. The highest BCUT2D eigenvalue weighted by Crippen LogP contribution is 2.26. The highest BCUT2D eigenvalue weighted by atomic mass is 35.5. The van der Waals surface area contributed by atoms with Crippen LogP contribution in [0.25, 0.3) is 0 Å². The minimum Gasteiger partial charge on any atom is -0.545 e. The molecule has 1 heterocycles. The van der Waals surface area contributed by atoms with Crippen LogP contribution in [0.15, 0.2) is 60.8 Å². The molecule has 2 rings (SSSR count). The fourth-order valence-electron chi connectivity index (χ4n) is 2.19. The lowest BCUT2D eigenvalue weighted by molar-refractivity contribution is -0.858. The molecular weight excluding hydrogens is 368 g/mol. The second-order valence-electron chi connectivity index (χ2n) is 5.37. The van der Waals surface area contributed by atoms with Crippen LogP contribution in [0, 0.1) is 0 Å². The molecule has 1 aromatic heterocycles. The molecule has 27 heavy (non-hydrogen) atoms. The van der Waals surface area contributed by atoms with Gasteiger partial charge < -0.3 is 19.9 Å². The van der Waals surface area contributed by atoms with Crippen molar-refractivity contribution in [2.24, 2.45) is 0 Å². The molecule has 0 aliphatic heterocycles. The van der Waals surface area contributed by atoms with Gasteiger partial charge in [0.25, 0.3) is 0 Å². The van der Waals surface area contributed by atoms with Crippen molar-refractivity contribution in [1.82, 2.24) is 4.98 Å². The highest BCUT2D eigenvalue weighted by Gasteiger charge is 2.16. The Balaban J connectivity index is 0.000000582. The predicted octanol–water partition coefficient (Wildman–Crippen LogP) is 0.779. The second kappa shape index (κ2) is 11.8. The summed E-state index contributed by atoms with van der Waals surface area (Å²) in [7, 11) is 0. The number of carboxylic acid groups (broad SMARTS) is 2. The molecule has 0 bridgehead atoms. The monoisotopic (exact) mass is 396 g/mol. The predicted molar refractivity (Wildman–Crippen MR) is 102 cm³/mol. The first-order chi connectivity index (χ1) is 15.2. The number of aromatic nitrogens is 1. The van der Waals surface area contributed by atoms with Crippen molar-refractivity contribution in [3.8, 4) is 0 Å². The molecule has 1 unspecified atom stereocenters. The molecule has 0 saturated heterocycles. The topological polar surface area (TPSA) is 94.8 Å². The Labute approximate surface area is 172 Å². The number of quaternary nitrogens is 1. The average molecular weight is 397 g/mol. The molecule has 144 valence electrons. The number of pyridine rings is 1. The van der Waals surface area contributed by atoms with Crippen molar-refractivity contribution >= 4 is 23.5 Å². The highest BCUT2D eigenvalue weighted by molar-refractivity contribution is 6.30. The normalized spacial score (nSPS) is 15.9. The number of hydrogen-bond donors (Lipinski definition) is 2. The maximum absolute atomic E-state index is 9.53. The quantitative estimate of drug-likeness (QED) is 0.674. The molecule has 6 nitrogen and oxygen atoms in total. The lowest BCUT2D eigenvalue weighted by Crippen LogP contribution is -3.05. The number of halogens is 1. The van der Waals surface area contributed by atoms with Gasteiger partial charge in [0, 0.05) is 35.3 Å². The van der Waals surface area contributed by atoms with Gasteiger partial charge in [-0.05, 0) is 35.9 Å². The number of carbonyl (C=O) groups is 2. The summed E-state index contributed by atoms with van der Waals surface area (Å²) in [5.41, 5.74) is 1.68. The molecule has 0 fully saturated rings. The van der Waals surface area contributed by atoms with E-state index < -0.39 is 30.8 Å². The lowest BCUT2D eigenvalue weighted by atomic mass is 9.92. The van der Waals surface area contributed by atoms with E-state index in [4.69, 9.17) is 24.9 Å². The van der Waals surface area contributed by atoms with E-state index in [2.05, 4.69) is 4.98 Å². The van der Waals surface area contributed by atoms with Crippen LogP contribution in [0.5, 0.6) is 0 Å². The van der Waals surface area contributed by atoms with E-state index in [9.17, 15) is 14.7 Å². The summed E-state index contributed by atoms with van der Waals surface area (Å²) in [6.07, 6.45) is 2.94. The van der Waals surface area contributed by atoms with Gasteiger partial charge in [0.05, 0.1) is 34.7 Å². The van der Waals surface area contributed by atoms with Crippen LogP contribution in [0.4, 0.5) is 0 Å². The lowest BCUT2D eigenvalue weighted by Gasteiger charge is -2.18. The van der Waals surface area contributed by atoms with Gasteiger partial charge in [-0.25, -0.2) is 4.79 Å². The summed E-state index contributed by atoms with van der Waals surface area (Å²) in [6, 6.07) is 12.7. The van der Waals surface area contributed by atoms with Crippen LogP contribution >= 0.6 is 11.6 Å². The zero-order valence-electron chi connectivity index (χ0n) is 20.3. The van der Waals surface area contributed by atoms with Gasteiger partial charge in [-0.1, -0.05) is 29.8 Å². The number of nitrogens with one attached hydrogen (secondary N) is 1. The summed E-state index contributed by atoms with van der Waals surface area (Å²) in [6.45, 7) is -5.25. The summed E-state index contributed by atoms with van der Waals surface area (Å²) in [5, 5.41) is 17.8. The van der Waals surface area contributed by atoms with Crippen LogP contribution in [0.1, 0.15) is 31.8 Å². The van der Waals surface area contributed by atoms with Crippen molar-refractivity contribution in [2.45, 2.75) is 12.3 Å². The molecule has 0 aliphatic carbocycles. The second-order valence-corrected chi connectivity index (χ2v) is 5.80. The van der Waals surface area contributed by atoms with E-state index in [1.807, 2.05) is 24.3 Å². The average Bonchev–Trinajstić information content (AvgIpc) is 2.70. The molecule has 7 heteroatoms. The Morgan fingerprint density at radius 2 is 1.96 bits per heavy atom. The van der Waals surface area contributed by atoms with Crippen LogP contribution < -0.4 is 10.0 Å². The molecule has 2 aromatic rings. The third-order valence-electron chi connectivity index (χ3n) is 3.36. The smallest absolute Gasteiger partial charge is 0.328 e. The van der Waals surface area contributed by atoms with E-state index >= 15 is 0 Å². The Morgan fingerprint density at radius 1 is 1.26 bits per heavy atom. The minimum atomic E-state index is -2.61. The molecule has 1 aromatic carbocycles. The third-order valence-corrected chi connectivity index (χ3v) is 3.61. The van der Waals surface area contributed by atoms with Crippen molar-refractivity contribution in [1.29, 1.82) is 0 Å². The number of nitrogens with zero attached hydrogens (tertiary/aromatic N) is 1. The molecule has 0 spiro atoms. The standard InChI is InChI=1S/C16H19ClN2.C4H4O4/c1-19(2)12-10-15(16-5-3-4-11-18-16)13-6-8-14(17)9-7-13;5-3(6)1-2-4(7)8/h3-9,11,15H,10,12H2,1-2H3;1-2H,(H,5,6)(H,7,8)/i1D3,2D3;. The van der Waals surface area contributed by atoms with Crippen LogP contribution in [0.3, 0.4) is 0 Å². The SMILES string of the molecule is O=C([O-])C=CC(=O)O.[2H]C([2H])([2H])[NH+](CCC(c1ccc(Cl)cc1)c1ccccn1)C([2H])([2H])[2H]. The Kier molecular flexibility index (Phi) is 6.29. The van der Waals surface area contributed by atoms with Gasteiger partial charge in [-0.3, -0.25) is 4.98 Å². The van der Waals surface area contributed by atoms with Gasteiger partial charge in [0.15, 0.2) is 0 Å². The fraction of sp³-hybridized carbons (Fsp3) is 0.250. The Hall–Kier alpha value is -2.70. The maximum Gasteiger partial charge on any atom is 0.328 e. The number of aliphatic carboxylic acids is 2. The molecule has 0 amide bonds. The van der Waals surface area contributed by atoms with E-state index in [-0.39, 0.29) is 12.5 Å². The number of benzene rings is 1. The number of carbonyl (C=O) groups excluding carboxylic acids is 1. The summed E-state index contributed by atoms with van der Waals surface area (Å²) >= 11 is 5.94. The first-order valence-corrected chi connectivity index (χ1v) is 8.24. The third kappa shape index (κ3) is 9.53. The first-order valence-electron chi connectivity index (χ1n) is 10.9. The maximum atomic E-state index is 9.53. The van der Waals surface area contributed by atoms with Gasteiger partial charge in [0.2, 0.25) is 0 Å². The van der Waals surface area contributed by atoms with E-state index in [1.165, 1.54) is 0 Å². The summed E-state index contributed by atoms with van der Waals surface area (Å²) in [4.78, 5) is 22.9. The van der Waals surface area contributed by atoms with Gasteiger partial charge in [-0.2, -0.15) is 0 Å². The van der Waals surface area contributed by atoms with E-state index in [0.29, 0.717) is 23.6 Å².